The van der Waals surface area contributed by atoms with Gasteiger partial charge >= 0.3 is 0 Å². The Morgan fingerprint density at radius 1 is 0.639 bits per heavy atom. The van der Waals surface area contributed by atoms with Crippen LogP contribution in [0.15, 0.2) is 54.6 Å². The van der Waals surface area contributed by atoms with Crippen molar-refractivity contribution in [2.24, 2.45) is 0 Å². The molecule has 188 valence electrons. The predicted molar refractivity (Wildman–Crippen MR) is 132 cm³/mol. The number of hydrogen-bond donors (Lipinski definition) is 7. The van der Waals surface area contributed by atoms with Gasteiger partial charge in [0.2, 0.25) is 5.91 Å². The maximum absolute atomic E-state index is 12.7. The number of amides is 3. The summed E-state index contributed by atoms with van der Waals surface area (Å²) in [7, 11) is 0. The van der Waals surface area contributed by atoms with Gasteiger partial charge in [0.1, 0.15) is 0 Å². The molecule has 0 unspecified atom stereocenters. The number of phenols is 4. The van der Waals surface area contributed by atoms with Crippen molar-refractivity contribution in [1.29, 1.82) is 0 Å². The van der Waals surface area contributed by atoms with E-state index in [9.17, 15) is 34.8 Å². The third-order valence-electron chi connectivity index (χ3n) is 5.26. The first-order valence-corrected chi connectivity index (χ1v) is 11.1. The highest BCUT2D eigenvalue weighted by atomic mass is 16.3. The highest BCUT2D eigenvalue weighted by molar-refractivity contribution is 6.02. The zero-order chi connectivity index (χ0) is 26.2. The van der Waals surface area contributed by atoms with Crippen LogP contribution in [0.1, 0.15) is 38.8 Å². The third kappa shape index (κ3) is 7.13. The second kappa shape index (κ2) is 11.6. The Balaban J connectivity index is 1.65. The van der Waals surface area contributed by atoms with Crippen LogP contribution in [-0.4, -0.2) is 51.2 Å². The minimum atomic E-state index is -0.459. The highest BCUT2D eigenvalue weighted by Gasteiger charge is 2.14. The molecular formula is C26H27N3O7. The fourth-order valence-electron chi connectivity index (χ4n) is 3.46. The molecule has 0 fully saturated rings. The zero-order valence-corrected chi connectivity index (χ0v) is 19.5. The van der Waals surface area contributed by atoms with E-state index in [0.29, 0.717) is 24.0 Å². The lowest BCUT2D eigenvalue weighted by Gasteiger charge is -2.12. The van der Waals surface area contributed by atoms with Crippen LogP contribution in [0.2, 0.25) is 0 Å². The van der Waals surface area contributed by atoms with Gasteiger partial charge < -0.3 is 36.4 Å². The molecule has 0 aliphatic carbocycles. The Bertz CT molecular complexity index is 1200. The van der Waals surface area contributed by atoms with Gasteiger partial charge in [-0.15, -0.1) is 0 Å². The number of nitrogens with one attached hydrogen (secondary N) is 3. The number of anilines is 1. The lowest BCUT2D eigenvalue weighted by molar-refractivity contribution is -0.114. The Morgan fingerprint density at radius 3 is 1.47 bits per heavy atom. The van der Waals surface area contributed by atoms with Crippen LogP contribution < -0.4 is 16.0 Å². The molecule has 0 saturated carbocycles. The average Bonchev–Trinajstić information content (AvgIpc) is 2.82. The summed E-state index contributed by atoms with van der Waals surface area (Å²) >= 11 is 0. The van der Waals surface area contributed by atoms with Gasteiger partial charge in [-0.3, -0.25) is 14.4 Å². The van der Waals surface area contributed by atoms with Crippen LogP contribution in [0.25, 0.3) is 0 Å². The summed E-state index contributed by atoms with van der Waals surface area (Å²) < 4.78 is 0. The summed E-state index contributed by atoms with van der Waals surface area (Å²) in [6.45, 7) is 1.77. The lowest BCUT2D eigenvalue weighted by atomic mass is 10.1. The summed E-state index contributed by atoms with van der Waals surface area (Å²) in [5.41, 5.74) is 2.04. The largest absolute Gasteiger partial charge is 0.504 e. The molecule has 10 heteroatoms. The Labute approximate surface area is 207 Å². The number of phenolic OH excluding ortho intramolecular Hbond substituents is 4. The predicted octanol–water partition coefficient (Wildman–Crippen LogP) is 2.41. The number of rotatable bonds is 9. The van der Waals surface area contributed by atoms with Crippen molar-refractivity contribution in [2.45, 2.75) is 19.8 Å². The molecular weight excluding hydrogens is 466 g/mol. The quantitative estimate of drug-likeness (QED) is 0.225. The molecule has 3 rings (SSSR count). The van der Waals surface area contributed by atoms with E-state index in [-0.39, 0.29) is 58.8 Å². The zero-order valence-electron chi connectivity index (χ0n) is 19.5. The van der Waals surface area contributed by atoms with Gasteiger partial charge in [-0.2, -0.15) is 0 Å². The molecule has 3 aromatic carbocycles. The summed E-state index contributed by atoms with van der Waals surface area (Å²) in [6.07, 6.45) is 0.788. The maximum atomic E-state index is 12.7. The first kappa shape index (κ1) is 25.9. The number of benzene rings is 3. The first-order valence-electron chi connectivity index (χ1n) is 11.1. The second-order valence-corrected chi connectivity index (χ2v) is 8.14. The van der Waals surface area contributed by atoms with Gasteiger partial charge in [-0.05, 0) is 66.4 Å². The lowest BCUT2D eigenvalue weighted by Crippen LogP contribution is -2.28. The minimum Gasteiger partial charge on any atom is -0.504 e. The summed E-state index contributed by atoms with van der Waals surface area (Å²) in [6, 6.07) is 13.1. The normalized spacial score (nSPS) is 10.5. The molecule has 0 atom stereocenters. The SMILES string of the molecule is CC(=O)Nc1cc(C(=O)NCCc2ccc(O)c(O)c2)cc(C(=O)NCCc2ccc(O)c(O)c2)c1. The Kier molecular flexibility index (Phi) is 8.35. The smallest absolute Gasteiger partial charge is 0.251 e. The van der Waals surface area contributed by atoms with Crippen molar-refractivity contribution in [3.63, 3.8) is 0 Å². The van der Waals surface area contributed by atoms with Crippen molar-refractivity contribution in [1.82, 2.24) is 10.6 Å². The van der Waals surface area contributed by atoms with Crippen molar-refractivity contribution in [3.8, 4) is 23.0 Å². The highest BCUT2D eigenvalue weighted by Crippen LogP contribution is 2.26. The van der Waals surface area contributed by atoms with Gasteiger partial charge in [-0.1, -0.05) is 12.1 Å². The number of hydrogen-bond acceptors (Lipinski definition) is 7. The molecule has 3 amide bonds. The number of aromatic hydroxyl groups is 4. The Morgan fingerprint density at radius 2 is 1.08 bits per heavy atom. The van der Waals surface area contributed by atoms with Gasteiger partial charge in [0.15, 0.2) is 23.0 Å². The van der Waals surface area contributed by atoms with E-state index in [2.05, 4.69) is 16.0 Å². The number of carbonyl (C=O) groups is 3. The molecule has 0 spiro atoms. The van der Waals surface area contributed by atoms with Gasteiger partial charge in [0.25, 0.3) is 11.8 Å². The average molecular weight is 494 g/mol. The summed E-state index contributed by atoms with van der Waals surface area (Å²) in [5.74, 6) is -2.25. The molecule has 0 aromatic heterocycles. The maximum Gasteiger partial charge on any atom is 0.251 e. The van der Waals surface area contributed by atoms with Gasteiger partial charge in [0.05, 0.1) is 0 Å². The van der Waals surface area contributed by atoms with Crippen molar-refractivity contribution < 1.29 is 34.8 Å². The topological polar surface area (TPSA) is 168 Å². The van der Waals surface area contributed by atoms with Crippen LogP contribution in [0.3, 0.4) is 0 Å². The van der Waals surface area contributed by atoms with Crippen LogP contribution in [-0.2, 0) is 17.6 Å². The van der Waals surface area contributed by atoms with Crippen molar-refractivity contribution in [2.75, 3.05) is 18.4 Å². The molecule has 0 saturated heterocycles. The van der Waals surface area contributed by atoms with E-state index in [1.165, 1.54) is 49.4 Å². The number of carbonyl (C=O) groups excluding carboxylic acids is 3. The molecule has 0 radical (unpaired) electrons. The minimum absolute atomic E-state index is 0.170. The van der Waals surface area contributed by atoms with E-state index in [0.717, 1.165) is 0 Å². The molecule has 3 aromatic rings. The molecule has 10 nitrogen and oxygen atoms in total. The van der Waals surface area contributed by atoms with Crippen molar-refractivity contribution in [3.05, 3.63) is 76.9 Å². The Hall–Kier alpha value is -4.73. The third-order valence-corrected chi connectivity index (χ3v) is 5.26. The summed E-state index contributed by atoms with van der Waals surface area (Å²) in [5, 5.41) is 46.0. The van der Waals surface area contributed by atoms with E-state index in [1.54, 1.807) is 12.1 Å². The molecule has 36 heavy (non-hydrogen) atoms. The van der Waals surface area contributed by atoms with E-state index >= 15 is 0 Å². The monoisotopic (exact) mass is 493 g/mol. The van der Waals surface area contributed by atoms with Crippen molar-refractivity contribution >= 4 is 23.4 Å². The summed E-state index contributed by atoms with van der Waals surface area (Å²) in [4.78, 5) is 37.0. The van der Waals surface area contributed by atoms with Crippen LogP contribution >= 0.6 is 0 Å². The van der Waals surface area contributed by atoms with Gasteiger partial charge in [-0.25, -0.2) is 0 Å². The fraction of sp³-hybridized carbons (Fsp3) is 0.192. The molecule has 0 heterocycles. The van der Waals surface area contributed by atoms with Crippen LogP contribution in [0.4, 0.5) is 5.69 Å². The van der Waals surface area contributed by atoms with E-state index in [4.69, 9.17) is 0 Å². The van der Waals surface area contributed by atoms with Crippen LogP contribution in [0.5, 0.6) is 23.0 Å². The van der Waals surface area contributed by atoms with E-state index < -0.39 is 11.8 Å². The molecule has 0 bridgehead atoms. The standard InChI is InChI=1S/C26H27N3O7/c1-15(30)29-20-13-18(25(35)27-8-6-16-2-4-21(31)23(33)10-16)12-19(14-20)26(36)28-9-7-17-3-5-22(32)24(34)11-17/h2-5,10-14,31-34H,6-9H2,1H3,(H,27,35)(H,28,36)(H,29,30). The first-order chi connectivity index (χ1) is 17.1. The van der Waals surface area contributed by atoms with E-state index in [1.807, 2.05) is 0 Å². The molecule has 0 aliphatic heterocycles. The molecule has 0 aliphatic rings. The second-order valence-electron chi connectivity index (χ2n) is 8.14. The fourth-order valence-corrected chi connectivity index (χ4v) is 3.46. The van der Waals surface area contributed by atoms with Crippen LogP contribution in [0, 0.1) is 0 Å². The molecule has 7 N–H and O–H groups in total. The van der Waals surface area contributed by atoms with Gasteiger partial charge in [0, 0.05) is 36.8 Å².